The molecule has 3 heterocycles. The summed E-state index contributed by atoms with van der Waals surface area (Å²) in [5.41, 5.74) is 3.35. The quantitative estimate of drug-likeness (QED) is 0.426. The largest absolute Gasteiger partial charge is 0.369 e. The van der Waals surface area contributed by atoms with Crippen molar-refractivity contribution in [1.82, 2.24) is 9.88 Å². The zero-order chi connectivity index (χ0) is 23.1. The van der Waals surface area contributed by atoms with Crippen LogP contribution in [0.4, 0.5) is 5.69 Å². The highest BCUT2D eigenvalue weighted by atomic mass is 32.2. The summed E-state index contributed by atoms with van der Waals surface area (Å²) in [6, 6.07) is 27.1. The highest BCUT2D eigenvalue weighted by molar-refractivity contribution is 7.91. The van der Waals surface area contributed by atoms with Crippen LogP contribution in [0.3, 0.4) is 0 Å². The number of para-hydroxylation sites is 1. The van der Waals surface area contributed by atoms with Crippen LogP contribution in [0.25, 0.3) is 10.9 Å². The summed E-state index contributed by atoms with van der Waals surface area (Å²) in [5.74, 6) is 1.30. The zero-order valence-electron chi connectivity index (χ0n) is 18.9. The molecular formula is C28H27N3O2S. The summed E-state index contributed by atoms with van der Waals surface area (Å²) in [7, 11) is -3.59. The molecule has 3 aromatic carbocycles. The van der Waals surface area contributed by atoms with Crippen molar-refractivity contribution in [1.29, 1.82) is 0 Å². The summed E-state index contributed by atoms with van der Waals surface area (Å²) in [5, 5.41) is 0.859. The van der Waals surface area contributed by atoms with E-state index in [-0.39, 0.29) is 4.90 Å². The molecule has 4 aromatic rings. The molecule has 0 radical (unpaired) electrons. The SMILES string of the molecule is O=S(=O)(c1ccccc1)c1cnc2c(N3CC4CN(Cc5ccccc5)CC4C3)cccc2c1. The van der Waals surface area contributed by atoms with Crippen molar-refractivity contribution in [3.8, 4) is 0 Å². The van der Waals surface area contributed by atoms with Gasteiger partial charge in [-0.1, -0.05) is 60.7 Å². The third kappa shape index (κ3) is 3.87. The molecule has 0 amide bonds. The van der Waals surface area contributed by atoms with Gasteiger partial charge in [0, 0.05) is 44.3 Å². The molecule has 0 aliphatic carbocycles. The average molecular weight is 470 g/mol. The second-order valence-electron chi connectivity index (χ2n) is 9.44. The number of nitrogens with zero attached hydrogens (tertiary/aromatic N) is 3. The number of sulfone groups is 1. The van der Waals surface area contributed by atoms with E-state index < -0.39 is 9.84 Å². The molecule has 0 bridgehead atoms. The minimum atomic E-state index is -3.59. The molecule has 2 unspecified atom stereocenters. The molecule has 0 saturated carbocycles. The highest BCUT2D eigenvalue weighted by Crippen LogP contribution is 2.37. The Hall–Kier alpha value is -3.22. The molecule has 2 aliphatic rings. The molecule has 2 aliphatic heterocycles. The Balaban J connectivity index is 1.22. The lowest BCUT2D eigenvalue weighted by atomic mass is 10.0. The maximum atomic E-state index is 13.1. The maximum Gasteiger partial charge on any atom is 0.208 e. The molecule has 34 heavy (non-hydrogen) atoms. The van der Waals surface area contributed by atoms with Gasteiger partial charge >= 0.3 is 0 Å². The van der Waals surface area contributed by atoms with Gasteiger partial charge < -0.3 is 4.90 Å². The normalized spacial score (nSPS) is 20.6. The van der Waals surface area contributed by atoms with Crippen molar-refractivity contribution in [2.24, 2.45) is 11.8 Å². The van der Waals surface area contributed by atoms with E-state index in [9.17, 15) is 8.42 Å². The van der Waals surface area contributed by atoms with Crippen molar-refractivity contribution in [2.45, 2.75) is 16.3 Å². The van der Waals surface area contributed by atoms with E-state index >= 15 is 0 Å². The third-order valence-electron chi connectivity index (χ3n) is 7.18. The molecule has 2 fully saturated rings. The first-order valence-corrected chi connectivity index (χ1v) is 13.3. The smallest absolute Gasteiger partial charge is 0.208 e. The maximum absolute atomic E-state index is 13.1. The fraction of sp³-hybridized carbons (Fsp3) is 0.250. The van der Waals surface area contributed by atoms with Crippen molar-refractivity contribution in [3.05, 3.63) is 96.7 Å². The van der Waals surface area contributed by atoms with Gasteiger partial charge in [-0.15, -0.1) is 0 Å². The van der Waals surface area contributed by atoms with Gasteiger partial charge in [-0.05, 0) is 41.7 Å². The summed E-state index contributed by atoms with van der Waals surface area (Å²) in [6.45, 7) is 5.28. The van der Waals surface area contributed by atoms with Crippen LogP contribution in [0.5, 0.6) is 0 Å². The fourth-order valence-electron chi connectivity index (χ4n) is 5.52. The fourth-order valence-corrected chi connectivity index (χ4v) is 6.78. The predicted octanol–water partition coefficient (Wildman–Crippen LogP) is 4.64. The molecule has 5 nitrogen and oxygen atoms in total. The molecule has 6 rings (SSSR count). The van der Waals surface area contributed by atoms with E-state index in [1.807, 2.05) is 18.2 Å². The Morgan fingerprint density at radius 2 is 1.44 bits per heavy atom. The Labute approximate surface area is 200 Å². The molecule has 1 aromatic heterocycles. The first kappa shape index (κ1) is 21.3. The first-order valence-electron chi connectivity index (χ1n) is 11.8. The van der Waals surface area contributed by atoms with Gasteiger partial charge in [0.25, 0.3) is 0 Å². The van der Waals surface area contributed by atoms with Crippen LogP contribution in [0.15, 0.2) is 101 Å². The molecule has 2 saturated heterocycles. The highest BCUT2D eigenvalue weighted by Gasteiger charge is 2.40. The number of pyridine rings is 1. The number of hydrogen-bond donors (Lipinski definition) is 0. The van der Waals surface area contributed by atoms with E-state index in [0.29, 0.717) is 16.7 Å². The van der Waals surface area contributed by atoms with Gasteiger partial charge in [0.05, 0.1) is 21.0 Å². The average Bonchev–Trinajstić information content (AvgIpc) is 3.43. The number of hydrogen-bond acceptors (Lipinski definition) is 5. The van der Waals surface area contributed by atoms with Crippen molar-refractivity contribution in [2.75, 3.05) is 31.1 Å². The third-order valence-corrected chi connectivity index (χ3v) is 8.92. The molecular weight excluding hydrogens is 442 g/mol. The number of likely N-dealkylation sites (tertiary alicyclic amines) is 1. The standard InChI is InChI=1S/C28H27N3O2S/c32-34(33,25-11-5-2-6-12-25)26-14-22-10-7-13-27(28(22)29-15-26)31-19-23-17-30(18-24(23)20-31)16-21-8-3-1-4-9-21/h1-15,23-24H,16-20H2. The molecule has 6 heteroatoms. The van der Waals surface area contributed by atoms with E-state index in [4.69, 9.17) is 0 Å². The monoisotopic (exact) mass is 469 g/mol. The molecule has 0 N–H and O–H groups in total. The van der Waals surface area contributed by atoms with E-state index in [2.05, 4.69) is 51.2 Å². The minimum Gasteiger partial charge on any atom is -0.369 e. The second kappa shape index (κ2) is 8.53. The zero-order valence-corrected chi connectivity index (χ0v) is 19.7. The predicted molar refractivity (Wildman–Crippen MR) is 135 cm³/mol. The van der Waals surface area contributed by atoms with E-state index in [0.717, 1.165) is 49.3 Å². The lowest BCUT2D eigenvalue weighted by molar-refractivity contribution is 0.309. The van der Waals surface area contributed by atoms with Crippen LogP contribution in [0, 0.1) is 11.8 Å². The summed E-state index contributed by atoms with van der Waals surface area (Å²) >= 11 is 0. The minimum absolute atomic E-state index is 0.234. The van der Waals surface area contributed by atoms with Gasteiger partial charge in [-0.2, -0.15) is 0 Å². The Kier molecular flexibility index (Phi) is 5.35. The van der Waals surface area contributed by atoms with Gasteiger partial charge in [0.15, 0.2) is 0 Å². The van der Waals surface area contributed by atoms with Crippen molar-refractivity contribution < 1.29 is 8.42 Å². The summed E-state index contributed by atoms with van der Waals surface area (Å²) < 4.78 is 26.1. The van der Waals surface area contributed by atoms with Gasteiger partial charge in [-0.3, -0.25) is 9.88 Å². The molecule has 172 valence electrons. The molecule has 2 atom stereocenters. The number of fused-ring (bicyclic) bond motifs is 2. The number of benzene rings is 3. The van der Waals surface area contributed by atoms with Crippen LogP contribution in [-0.4, -0.2) is 44.5 Å². The van der Waals surface area contributed by atoms with E-state index in [1.165, 1.54) is 11.8 Å². The Morgan fingerprint density at radius 1 is 0.765 bits per heavy atom. The number of rotatable bonds is 5. The van der Waals surface area contributed by atoms with Gasteiger partial charge in [-0.25, -0.2) is 8.42 Å². The van der Waals surface area contributed by atoms with Gasteiger partial charge in [0.1, 0.15) is 0 Å². The Bertz CT molecular complexity index is 1410. The number of anilines is 1. The number of aromatic nitrogens is 1. The first-order chi connectivity index (χ1) is 16.6. The van der Waals surface area contributed by atoms with Gasteiger partial charge in [0.2, 0.25) is 9.84 Å². The van der Waals surface area contributed by atoms with Crippen LogP contribution >= 0.6 is 0 Å². The van der Waals surface area contributed by atoms with Crippen LogP contribution in [0.1, 0.15) is 5.56 Å². The Morgan fingerprint density at radius 3 is 2.15 bits per heavy atom. The second-order valence-corrected chi connectivity index (χ2v) is 11.4. The lowest BCUT2D eigenvalue weighted by Crippen LogP contribution is -2.28. The lowest BCUT2D eigenvalue weighted by Gasteiger charge is -2.24. The van der Waals surface area contributed by atoms with Crippen LogP contribution in [0.2, 0.25) is 0 Å². The van der Waals surface area contributed by atoms with Crippen LogP contribution < -0.4 is 4.90 Å². The summed E-state index contributed by atoms with van der Waals surface area (Å²) in [4.78, 5) is 10.2. The van der Waals surface area contributed by atoms with E-state index in [1.54, 1.807) is 30.3 Å². The summed E-state index contributed by atoms with van der Waals surface area (Å²) in [6.07, 6.45) is 1.51. The van der Waals surface area contributed by atoms with Crippen molar-refractivity contribution >= 4 is 26.4 Å². The topological polar surface area (TPSA) is 53.5 Å². The molecule has 0 spiro atoms. The van der Waals surface area contributed by atoms with Crippen molar-refractivity contribution in [3.63, 3.8) is 0 Å². The van der Waals surface area contributed by atoms with Crippen LogP contribution in [-0.2, 0) is 16.4 Å².